The van der Waals surface area contributed by atoms with Gasteiger partial charge in [0.25, 0.3) is 0 Å². The van der Waals surface area contributed by atoms with E-state index in [9.17, 15) is 18.3 Å². The van der Waals surface area contributed by atoms with E-state index in [1.165, 1.54) is 12.1 Å². The van der Waals surface area contributed by atoms with Gasteiger partial charge >= 0.3 is 5.97 Å². The molecule has 0 aliphatic heterocycles. The van der Waals surface area contributed by atoms with Gasteiger partial charge in [-0.25, -0.2) is 13.2 Å². The zero-order valence-electron chi connectivity index (χ0n) is 11.0. The first-order valence-corrected chi connectivity index (χ1v) is 8.36. The molecule has 0 unspecified atom stereocenters. The van der Waals surface area contributed by atoms with Crippen molar-refractivity contribution in [2.75, 3.05) is 11.6 Å². The van der Waals surface area contributed by atoms with Crippen LogP contribution in [0.1, 0.15) is 10.4 Å². The largest absolute Gasteiger partial charge is 0.478 e. The molecule has 6 heteroatoms. The Morgan fingerprint density at radius 3 is 2.19 bits per heavy atom. The number of carboxylic acids is 1. The molecule has 0 heterocycles. The Hall–Kier alpha value is -1.85. The van der Waals surface area contributed by atoms with Crippen LogP contribution in [0.4, 0.5) is 0 Å². The van der Waals surface area contributed by atoms with Crippen LogP contribution in [0.5, 0.6) is 0 Å². The van der Waals surface area contributed by atoms with E-state index in [0.717, 1.165) is 0 Å². The number of rotatable bonds is 5. The average Bonchev–Trinajstić information content (AvgIpc) is 2.47. The van der Waals surface area contributed by atoms with Crippen molar-refractivity contribution < 1.29 is 18.3 Å². The smallest absolute Gasteiger partial charge is 0.336 e. The van der Waals surface area contributed by atoms with Gasteiger partial charge in [-0.1, -0.05) is 36.4 Å². The lowest BCUT2D eigenvalue weighted by atomic mass is 10.00. The molecule has 0 atom stereocenters. The number of carboxylic acid groups (broad SMARTS) is 1. The second kappa shape index (κ2) is 6.28. The van der Waals surface area contributed by atoms with Gasteiger partial charge < -0.3 is 5.11 Å². The van der Waals surface area contributed by atoms with Crippen LogP contribution in [0.25, 0.3) is 11.1 Å². The third-order valence-electron chi connectivity index (χ3n) is 3.02. The van der Waals surface area contributed by atoms with Gasteiger partial charge in [-0.2, -0.15) is 0 Å². The lowest BCUT2D eigenvalue weighted by Crippen LogP contribution is -2.10. The molecule has 0 aliphatic carbocycles. The Labute approximate surface area is 127 Å². The molecule has 2 aromatic carbocycles. The Morgan fingerprint density at radius 2 is 1.57 bits per heavy atom. The Bertz CT molecular complexity index is 769. The summed E-state index contributed by atoms with van der Waals surface area (Å²) in [6.45, 7) is 0. The lowest BCUT2D eigenvalue weighted by Gasteiger charge is -2.12. The molecule has 0 saturated heterocycles. The van der Waals surface area contributed by atoms with Crippen molar-refractivity contribution in [1.82, 2.24) is 0 Å². The highest BCUT2D eigenvalue weighted by Gasteiger charge is 2.21. The van der Waals surface area contributed by atoms with E-state index in [0.29, 0.717) is 11.1 Å². The standard InChI is InChI=1S/C15H13ClO4S/c16-9-10-21(19,20)14-8-4-3-6-12(14)11-5-1-2-7-13(11)15(17)18/h1-8H,9-10H2,(H,17,18). The van der Waals surface area contributed by atoms with Crippen LogP contribution >= 0.6 is 11.6 Å². The fourth-order valence-corrected chi connectivity index (χ4v) is 3.91. The first-order chi connectivity index (χ1) is 9.97. The van der Waals surface area contributed by atoms with Crippen LogP contribution in [0.15, 0.2) is 53.4 Å². The summed E-state index contributed by atoms with van der Waals surface area (Å²) in [5, 5.41) is 9.25. The van der Waals surface area contributed by atoms with Crippen molar-refractivity contribution >= 4 is 27.4 Å². The van der Waals surface area contributed by atoms with E-state index in [2.05, 4.69) is 0 Å². The number of aromatic carboxylic acids is 1. The van der Waals surface area contributed by atoms with E-state index < -0.39 is 15.8 Å². The van der Waals surface area contributed by atoms with Crippen molar-refractivity contribution in [3.63, 3.8) is 0 Å². The minimum atomic E-state index is -3.56. The fourth-order valence-electron chi connectivity index (χ4n) is 2.08. The van der Waals surface area contributed by atoms with Gasteiger partial charge in [0.15, 0.2) is 9.84 Å². The number of hydrogen-bond donors (Lipinski definition) is 1. The van der Waals surface area contributed by atoms with Gasteiger partial charge in [0, 0.05) is 11.4 Å². The monoisotopic (exact) mass is 324 g/mol. The summed E-state index contributed by atoms with van der Waals surface area (Å²) in [6.07, 6.45) is 0. The number of alkyl halides is 1. The van der Waals surface area contributed by atoms with Gasteiger partial charge in [-0.3, -0.25) is 0 Å². The minimum absolute atomic E-state index is 0.0166. The number of halogens is 1. The van der Waals surface area contributed by atoms with Crippen molar-refractivity contribution in [1.29, 1.82) is 0 Å². The molecule has 1 N–H and O–H groups in total. The molecular weight excluding hydrogens is 312 g/mol. The number of benzene rings is 2. The van der Waals surface area contributed by atoms with Gasteiger partial charge in [-0.05, 0) is 17.7 Å². The van der Waals surface area contributed by atoms with E-state index in [1.54, 1.807) is 36.4 Å². The molecule has 110 valence electrons. The second-order valence-electron chi connectivity index (χ2n) is 4.35. The fraction of sp³-hybridized carbons (Fsp3) is 0.133. The van der Waals surface area contributed by atoms with Crippen LogP contribution in [-0.4, -0.2) is 31.1 Å². The maximum atomic E-state index is 12.3. The van der Waals surface area contributed by atoms with Crippen LogP contribution in [0.2, 0.25) is 0 Å². The molecule has 0 fully saturated rings. The highest BCUT2D eigenvalue weighted by molar-refractivity contribution is 7.91. The molecule has 0 bridgehead atoms. The number of sulfone groups is 1. The van der Waals surface area contributed by atoms with E-state index >= 15 is 0 Å². The molecule has 2 rings (SSSR count). The summed E-state index contributed by atoms with van der Waals surface area (Å²) in [6, 6.07) is 12.7. The van der Waals surface area contributed by atoms with E-state index in [1.807, 2.05) is 0 Å². The van der Waals surface area contributed by atoms with Crippen molar-refractivity contribution in [3.8, 4) is 11.1 Å². The molecule has 2 aromatic rings. The summed E-state index contributed by atoms with van der Waals surface area (Å²) in [5.74, 6) is -1.31. The maximum Gasteiger partial charge on any atom is 0.336 e. The number of hydrogen-bond acceptors (Lipinski definition) is 3. The molecule has 21 heavy (non-hydrogen) atoms. The quantitative estimate of drug-likeness (QED) is 0.858. The summed E-state index contributed by atoms with van der Waals surface area (Å²) in [4.78, 5) is 11.4. The van der Waals surface area contributed by atoms with Gasteiger partial charge in [-0.15, -0.1) is 11.6 Å². The van der Waals surface area contributed by atoms with Crippen LogP contribution < -0.4 is 0 Å². The predicted molar refractivity (Wildman–Crippen MR) is 81.6 cm³/mol. The average molecular weight is 325 g/mol. The third-order valence-corrected chi connectivity index (χ3v) is 5.20. The molecule has 0 radical (unpaired) electrons. The SMILES string of the molecule is O=C(O)c1ccccc1-c1ccccc1S(=O)(=O)CCCl. The molecule has 0 spiro atoms. The predicted octanol–water partition coefficient (Wildman–Crippen LogP) is 3.06. The summed E-state index contributed by atoms with van der Waals surface area (Å²) in [7, 11) is -3.56. The van der Waals surface area contributed by atoms with Crippen molar-refractivity contribution in [2.24, 2.45) is 0 Å². The highest BCUT2D eigenvalue weighted by Crippen LogP contribution is 2.30. The van der Waals surface area contributed by atoms with Gasteiger partial charge in [0.2, 0.25) is 0 Å². The molecule has 0 saturated carbocycles. The minimum Gasteiger partial charge on any atom is -0.478 e. The Morgan fingerprint density at radius 1 is 1.00 bits per heavy atom. The second-order valence-corrected chi connectivity index (χ2v) is 6.81. The topological polar surface area (TPSA) is 71.4 Å². The lowest BCUT2D eigenvalue weighted by molar-refractivity contribution is 0.0697. The zero-order chi connectivity index (χ0) is 15.5. The summed E-state index contributed by atoms with van der Waals surface area (Å²) >= 11 is 5.54. The third kappa shape index (κ3) is 3.25. The van der Waals surface area contributed by atoms with Gasteiger partial charge in [0.1, 0.15) is 0 Å². The van der Waals surface area contributed by atoms with Crippen LogP contribution in [0.3, 0.4) is 0 Å². The number of carbonyl (C=O) groups is 1. The molecular formula is C15H13ClO4S. The van der Waals surface area contributed by atoms with E-state index in [-0.39, 0.29) is 22.1 Å². The normalized spacial score (nSPS) is 11.3. The van der Waals surface area contributed by atoms with Gasteiger partial charge in [0.05, 0.1) is 16.2 Å². The van der Waals surface area contributed by atoms with Crippen LogP contribution in [0, 0.1) is 0 Å². The molecule has 4 nitrogen and oxygen atoms in total. The molecule has 0 aromatic heterocycles. The first kappa shape index (κ1) is 15.5. The highest BCUT2D eigenvalue weighted by atomic mass is 35.5. The summed E-state index contributed by atoms with van der Waals surface area (Å²) in [5.41, 5.74) is 0.811. The zero-order valence-corrected chi connectivity index (χ0v) is 12.6. The first-order valence-electron chi connectivity index (χ1n) is 6.18. The Kier molecular flexibility index (Phi) is 4.65. The molecule has 0 aliphatic rings. The van der Waals surface area contributed by atoms with Crippen LogP contribution in [-0.2, 0) is 9.84 Å². The van der Waals surface area contributed by atoms with Crippen molar-refractivity contribution in [2.45, 2.75) is 4.90 Å². The maximum absolute atomic E-state index is 12.3. The van der Waals surface area contributed by atoms with Crippen molar-refractivity contribution in [3.05, 3.63) is 54.1 Å². The summed E-state index contributed by atoms with van der Waals surface area (Å²) < 4.78 is 24.6. The Balaban J connectivity index is 2.70. The molecule has 0 amide bonds. The van der Waals surface area contributed by atoms with E-state index in [4.69, 9.17) is 11.6 Å².